The smallest absolute Gasteiger partial charge is 0.273 e. The number of nitrogens with zero attached hydrogens (tertiary/aromatic N) is 3. The van der Waals surface area contributed by atoms with Gasteiger partial charge in [0, 0.05) is 23.0 Å². The lowest BCUT2D eigenvalue weighted by Gasteiger charge is -2.09. The fourth-order valence-electron chi connectivity index (χ4n) is 3.46. The van der Waals surface area contributed by atoms with Crippen LogP contribution in [0.2, 0.25) is 0 Å². The average molecular weight is 493 g/mol. The zero-order chi connectivity index (χ0) is 25.3. The van der Waals surface area contributed by atoms with Crippen LogP contribution in [-0.2, 0) is 10.0 Å². The Labute approximate surface area is 202 Å². The number of sulfonamides is 1. The minimum atomic E-state index is -3.88. The number of phenolic OH excluding ortho intramolecular Hbond substituents is 1. The van der Waals surface area contributed by atoms with Gasteiger partial charge in [-0.3, -0.25) is 14.6 Å². The van der Waals surface area contributed by atoms with Crippen LogP contribution in [0, 0.1) is 27.7 Å². The minimum Gasteiger partial charge on any atom is -0.507 e. The van der Waals surface area contributed by atoms with Crippen LogP contribution in [0.3, 0.4) is 0 Å². The molecule has 35 heavy (non-hydrogen) atoms. The molecule has 0 aliphatic carbocycles. The van der Waals surface area contributed by atoms with Gasteiger partial charge in [0.2, 0.25) is 0 Å². The Morgan fingerprint density at radius 1 is 0.943 bits per heavy atom. The lowest BCUT2D eigenvalue weighted by molar-refractivity contribution is 0.102. The summed E-state index contributed by atoms with van der Waals surface area (Å²) in [7, 11) is -3.88. The summed E-state index contributed by atoms with van der Waals surface area (Å²) in [6.45, 7) is 7.24. The maximum atomic E-state index is 12.7. The van der Waals surface area contributed by atoms with E-state index in [-0.39, 0.29) is 22.2 Å². The molecule has 0 radical (unpaired) electrons. The van der Waals surface area contributed by atoms with Gasteiger partial charge in [-0.1, -0.05) is 0 Å². The molecule has 2 heterocycles. The van der Waals surface area contributed by atoms with Crippen molar-refractivity contribution >= 4 is 27.4 Å². The fourth-order valence-corrected chi connectivity index (χ4v) is 4.46. The average Bonchev–Trinajstić information content (AvgIpc) is 3.26. The van der Waals surface area contributed by atoms with Gasteiger partial charge in [0.15, 0.2) is 0 Å². The Morgan fingerprint density at radius 2 is 1.63 bits per heavy atom. The molecule has 2 aromatic heterocycles. The summed E-state index contributed by atoms with van der Waals surface area (Å²) in [6, 6.07) is 12.2. The van der Waals surface area contributed by atoms with Crippen molar-refractivity contribution in [2.75, 3.05) is 10.0 Å². The van der Waals surface area contributed by atoms with E-state index in [1.807, 2.05) is 13.8 Å². The van der Waals surface area contributed by atoms with Gasteiger partial charge in [-0.05, 0) is 81.3 Å². The molecule has 0 aliphatic heterocycles. The molecule has 180 valence electrons. The summed E-state index contributed by atoms with van der Waals surface area (Å²) in [5.41, 5.74) is 4.10. The molecule has 0 fully saturated rings. The minimum absolute atomic E-state index is 0.0125. The first-order valence-electron chi connectivity index (χ1n) is 10.6. The molecule has 0 unspecified atom stereocenters. The van der Waals surface area contributed by atoms with E-state index in [0.717, 1.165) is 11.1 Å². The van der Waals surface area contributed by atoms with Gasteiger partial charge in [-0.25, -0.2) is 18.4 Å². The van der Waals surface area contributed by atoms with Crippen LogP contribution >= 0.6 is 0 Å². The molecule has 10 nitrogen and oxygen atoms in total. The van der Waals surface area contributed by atoms with Crippen molar-refractivity contribution in [3.05, 3.63) is 76.9 Å². The zero-order valence-electron chi connectivity index (χ0n) is 19.5. The van der Waals surface area contributed by atoms with Gasteiger partial charge in [0.05, 0.1) is 10.6 Å². The van der Waals surface area contributed by atoms with E-state index in [9.17, 15) is 18.3 Å². The molecule has 0 spiro atoms. The van der Waals surface area contributed by atoms with E-state index in [1.165, 1.54) is 36.4 Å². The monoisotopic (exact) mass is 492 g/mol. The van der Waals surface area contributed by atoms with Crippen molar-refractivity contribution in [3.63, 3.8) is 0 Å². The number of anilines is 2. The number of aromatic nitrogens is 4. The van der Waals surface area contributed by atoms with Gasteiger partial charge in [0.1, 0.15) is 23.1 Å². The number of phenols is 1. The number of rotatable bonds is 6. The van der Waals surface area contributed by atoms with Gasteiger partial charge < -0.3 is 10.4 Å². The first kappa shape index (κ1) is 23.9. The lowest BCUT2D eigenvalue weighted by Crippen LogP contribution is -2.15. The van der Waals surface area contributed by atoms with Crippen molar-refractivity contribution in [1.29, 1.82) is 0 Å². The Hall–Kier alpha value is -4.25. The first-order chi connectivity index (χ1) is 16.5. The third kappa shape index (κ3) is 5.30. The third-order valence-corrected chi connectivity index (χ3v) is 6.71. The molecule has 0 saturated carbocycles. The second-order valence-electron chi connectivity index (χ2n) is 8.15. The van der Waals surface area contributed by atoms with Crippen molar-refractivity contribution in [1.82, 2.24) is 20.2 Å². The Bertz CT molecular complexity index is 1510. The molecule has 0 saturated heterocycles. The molecule has 11 heteroatoms. The fraction of sp³-hybridized carbons (Fsp3) is 0.167. The summed E-state index contributed by atoms with van der Waals surface area (Å²) in [5, 5.41) is 19.7. The molecule has 4 aromatic rings. The van der Waals surface area contributed by atoms with E-state index in [1.54, 1.807) is 26.0 Å². The van der Waals surface area contributed by atoms with E-state index < -0.39 is 15.9 Å². The number of benzene rings is 2. The first-order valence-corrected chi connectivity index (χ1v) is 12.1. The number of amides is 1. The second kappa shape index (κ2) is 9.18. The van der Waals surface area contributed by atoms with Crippen LogP contribution < -0.4 is 10.0 Å². The highest BCUT2D eigenvalue weighted by molar-refractivity contribution is 7.92. The van der Waals surface area contributed by atoms with Crippen LogP contribution in [0.1, 0.15) is 33.1 Å². The van der Waals surface area contributed by atoms with Crippen molar-refractivity contribution in [2.45, 2.75) is 32.6 Å². The standard InChI is InChI=1S/C24H24N6O4S/c1-13-9-19(22(31)10-14(13)2)20-12-21(29-28-20)24(32)27-17-5-7-18(8-6-17)35(33,34)30-23-11-15(3)25-16(4)26-23/h5-12,31H,1-4H3,(H,27,32)(H,28,29)(H,25,26,30). The summed E-state index contributed by atoms with van der Waals surface area (Å²) in [4.78, 5) is 20.9. The number of aromatic amines is 1. The maximum absolute atomic E-state index is 12.7. The topological polar surface area (TPSA) is 150 Å². The molecule has 2 aromatic carbocycles. The highest BCUT2D eigenvalue weighted by atomic mass is 32.2. The third-order valence-electron chi connectivity index (χ3n) is 5.34. The molecule has 1 amide bonds. The van der Waals surface area contributed by atoms with E-state index >= 15 is 0 Å². The molecular formula is C24H24N6O4S. The predicted molar refractivity (Wildman–Crippen MR) is 132 cm³/mol. The predicted octanol–water partition coefficient (Wildman–Crippen LogP) is 3.86. The normalized spacial score (nSPS) is 11.3. The highest BCUT2D eigenvalue weighted by Gasteiger charge is 2.17. The van der Waals surface area contributed by atoms with Gasteiger partial charge in [0.25, 0.3) is 15.9 Å². The van der Waals surface area contributed by atoms with Gasteiger partial charge >= 0.3 is 0 Å². The molecule has 0 atom stereocenters. The number of hydrogen-bond donors (Lipinski definition) is 4. The van der Waals surface area contributed by atoms with Crippen LogP contribution in [-0.4, -0.2) is 39.6 Å². The molecular weight excluding hydrogens is 468 g/mol. The van der Waals surface area contributed by atoms with Crippen molar-refractivity contribution < 1.29 is 18.3 Å². The van der Waals surface area contributed by atoms with E-state index in [4.69, 9.17) is 0 Å². The number of nitrogens with one attached hydrogen (secondary N) is 3. The Morgan fingerprint density at radius 3 is 2.31 bits per heavy atom. The largest absolute Gasteiger partial charge is 0.507 e. The maximum Gasteiger partial charge on any atom is 0.273 e. The quantitative estimate of drug-likeness (QED) is 0.319. The van der Waals surface area contributed by atoms with Crippen LogP contribution in [0.5, 0.6) is 5.75 Å². The Balaban J connectivity index is 1.47. The number of hydrogen-bond acceptors (Lipinski definition) is 7. The summed E-state index contributed by atoms with van der Waals surface area (Å²) >= 11 is 0. The number of carbonyl (C=O) groups is 1. The highest BCUT2D eigenvalue weighted by Crippen LogP contribution is 2.31. The van der Waals surface area contributed by atoms with E-state index in [0.29, 0.717) is 28.5 Å². The van der Waals surface area contributed by atoms with Crippen molar-refractivity contribution in [3.8, 4) is 17.0 Å². The van der Waals surface area contributed by atoms with Crippen LogP contribution in [0.4, 0.5) is 11.5 Å². The molecule has 0 aliphatic rings. The summed E-state index contributed by atoms with van der Waals surface area (Å²) in [6.07, 6.45) is 0. The molecule has 4 rings (SSSR count). The zero-order valence-corrected chi connectivity index (χ0v) is 20.4. The summed E-state index contributed by atoms with van der Waals surface area (Å²) in [5.74, 6) is 0.240. The Kier molecular flexibility index (Phi) is 6.27. The van der Waals surface area contributed by atoms with Gasteiger partial charge in [-0.2, -0.15) is 5.10 Å². The molecule has 4 N–H and O–H groups in total. The second-order valence-corrected chi connectivity index (χ2v) is 9.83. The van der Waals surface area contributed by atoms with E-state index in [2.05, 4.69) is 30.2 Å². The SMILES string of the molecule is Cc1cc(NS(=O)(=O)c2ccc(NC(=O)c3cc(-c4cc(C)c(C)cc4O)n[nH]3)cc2)nc(C)n1. The number of aryl methyl sites for hydroxylation is 4. The van der Waals surface area contributed by atoms with Crippen LogP contribution in [0.15, 0.2) is 53.4 Å². The molecule has 0 bridgehead atoms. The van der Waals surface area contributed by atoms with Crippen molar-refractivity contribution in [2.24, 2.45) is 0 Å². The number of carbonyl (C=O) groups excluding carboxylic acids is 1. The summed E-state index contributed by atoms with van der Waals surface area (Å²) < 4.78 is 27.8. The van der Waals surface area contributed by atoms with Crippen LogP contribution in [0.25, 0.3) is 11.3 Å². The number of aromatic hydroxyl groups is 1. The lowest BCUT2D eigenvalue weighted by atomic mass is 10.0. The number of H-pyrrole nitrogens is 1. The van der Waals surface area contributed by atoms with Gasteiger partial charge in [-0.15, -0.1) is 0 Å².